The molecule has 0 saturated carbocycles. The number of anilines is 1. The number of halogens is 2. The Balaban J connectivity index is 2.01. The van der Waals surface area contributed by atoms with Crippen molar-refractivity contribution in [2.75, 3.05) is 5.32 Å². The zero-order valence-electron chi connectivity index (χ0n) is 11.7. The number of phenols is 1. The summed E-state index contributed by atoms with van der Waals surface area (Å²) in [7, 11) is 0. The summed E-state index contributed by atoms with van der Waals surface area (Å²) in [4.78, 5) is 8.89. The summed E-state index contributed by atoms with van der Waals surface area (Å²) in [6, 6.07) is 10.7. The summed E-state index contributed by atoms with van der Waals surface area (Å²) in [5, 5.41) is 13.8. The summed E-state index contributed by atoms with van der Waals surface area (Å²) in [6.45, 7) is 0. The van der Waals surface area contributed by atoms with Gasteiger partial charge in [0.15, 0.2) is 12.1 Å². The molecular weight excluding hydrogens is 337 g/mol. The van der Waals surface area contributed by atoms with Crippen LogP contribution in [0.4, 0.5) is 5.95 Å². The van der Waals surface area contributed by atoms with Gasteiger partial charge < -0.3 is 10.8 Å². The van der Waals surface area contributed by atoms with E-state index in [0.29, 0.717) is 16.5 Å². The number of aliphatic imine (C=N–C) groups is 1. The van der Waals surface area contributed by atoms with Gasteiger partial charge in [0.05, 0.1) is 16.1 Å². The Hall–Kier alpha value is -2.44. The van der Waals surface area contributed by atoms with E-state index in [4.69, 9.17) is 28.9 Å². The number of phenolic OH excluding ortho intramolecular Hbond substituents is 1. The topological polar surface area (TPSA) is 88.5 Å². The van der Waals surface area contributed by atoms with Gasteiger partial charge in [0, 0.05) is 10.6 Å². The molecule has 1 atom stereocenters. The highest BCUT2D eigenvalue weighted by molar-refractivity contribution is 6.35. The summed E-state index contributed by atoms with van der Waals surface area (Å²) in [5.74, 6) is 0.663. The highest BCUT2D eigenvalue weighted by atomic mass is 35.5. The minimum absolute atomic E-state index is 0.0803. The Bertz CT molecular complexity index is 966. The number of rotatable bonds is 1. The van der Waals surface area contributed by atoms with Crippen LogP contribution in [-0.2, 0) is 0 Å². The predicted octanol–water partition coefficient (Wildman–Crippen LogP) is 3.34. The lowest BCUT2D eigenvalue weighted by atomic mass is 10.1. The van der Waals surface area contributed by atoms with Gasteiger partial charge in [0.2, 0.25) is 5.95 Å². The van der Waals surface area contributed by atoms with Crippen molar-refractivity contribution in [2.24, 2.45) is 10.7 Å². The van der Waals surface area contributed by atoms with Crippen LogP contribution in [0.3, 0.4) is 0 Å². The molecule has 2 aromatic carbocycles. The molecule has 1 unspecified atom stereocenters. The standard InChI is InChI=1S/C15H11Cl2N5O/c16-7-5-8(12(23)9(17)6-7)13-20-14(18)21-15-19-10-3-1-2-4-11(10)22(13)15/h1-6,13,23H,(H3,18,19,20,21). The van der Waals surface area contributed by atoms with Crippen molar-refractivity contribution in [2.45, 2.75) is 6.17 Å². The number of hydrogen-bond donors (Lipinski definition) is 3. The van der Waals surface area contributed by atoms with Crippen molar-refractivity contribution in [3.8, 4) is 5.75 Å². The number of nitrogens with one attached hydrogen (secondary N) is 1. The lowest BCUT2D eigenvalue weighted by Crippen LogP contribution is -2.31. The second-order valence-electron chi connectivity index (χ2n) is 5.13. The molecule has 23 heavy (non-hydrogen) atoms. The molecule has 0 aliphatic carbocycles. The fraction of sp³-hybridized carbons (Fsp3) is 0.0667. The molecule has 1 aliphatic rings. The van der Waals surface area contributed by atoms with E-state index in [1.165, 1.54) is 6.07 Å². The van der Waals surface area contributed by atoms with Gasteiger partial charge in [-0.3, -0.25) is 9.88 Å². The third-order valence-electron chi connectivity index (χ3n) is 3.68. The summed E-state index contributed by atoms with van der Waals surface area (Å²) >= 11 is 12.1. The fourth-order valence-electron chi connectivity index (χ4n) is 2.71. The summed E-state index contributed by atoms with van der Waals surface area (Å²) in [6.07, 6.45) is -0.616. The zero-order valence-corrected chi connectivity index (χ0v) is 13.2. The van der Waals surface area contributed by atoms with E-state index in [9.17, 15) is 5.11 Å². The van der Waals surface area contributed by atoms with Crippen molar-refractivity contribution in [3.05, 3.63) is 52.0 Å². The summed E-state index contributed by atoms with van der Waals surface area (Å²) < 4.78 is 1.84. The van der Waals surface area contributed by atoms with Crippen LogP contribution in [0, 0.1) is 0 Å². The number of imidazole rings is 1. The number of aromatic nitrogens is 2. The van der Waals surface area contributed by atoms with Crippen LogP contribution in [0.15, 0.2) is 41.4 Å². The quantitative estimate of drug-likeness (QED) is 0.629. The zero-order chi connectivity index (χ0) is 16.1. The number of aromatic hydroxyl groups is 1. The van der Waals surface area contributed by atoms with Crippen molar-refractivity contribution in [1.82, 2.24) is 9.55 Å². The molecule has 4 rings (SSSR count). The van der Waals surface area contributed by atoms with Crippen LogP contribution >= 0.6 is 23.2 Å². The predicted molar refractivity (Wildman–Crippen MR) is 91.2 cm³/mol. The lowest BCUT2D eigenvalue weighted by molar-refractivity contribution is 0.456. The Morgan fingerprint density at radius 3 is 2.83 bits per heavy atom. The number of hydrogen-bond acceptors (Lipinski definition) is 5. The van der Waals surface area contributed by atoms with Crippen molar-refractivity contribution in [3.63, 3.8) is 0 Å². The van der Waals surface area contributed by atoms with Crippen LogP contribution in [0.5, 0.6) is 5.75 Å². The minimum Gasteiger partial charge on any atom is -0.506 e. The van der Waals surface area contributed by atoms with Crippen LogP contribution in [-0.4, -0.2) is 20.6 Å². The van der Waals surface area contributed by atoms with Gasteiger partial charge in [-0.2, -0.15) is 0 Å². The second-order valence-corrected chi connectivity index (χ2v) is 5.98. The van der Waals surface area contributed by atoms with E-state index in [2.05, 4.69) is 15.3 Å². The molecule has 0 radical (unpaired) electrons. The molecule has 3 aromatic rings. The average molecular weight is 348 g/mol. The fourth-order valence-corrected chi connectivity index (χ4v) is 3.22. The largest absolute Gasteiger partial charge is 0.506 e. The van der Waals surface area contributed by atoms with Crippen LogP contribution in [0.2, 0.25) is 10.0 Å². The molecule has 0 amide bonds. The molecule has 1 aromatic heterocycles. The maximum atomic E-state index is 10.3. The minimum atomic E-state index is -0.616. The Morgan fingerprint density at radius 1 is 1.22 bits per heavy atom. The number of para-hydroxylation sites is 2. The van der Waals surface area contributed by atoms with E-state index in [0.717, 1.165) is 11.0 Å². The highest BCUT2D eigenvalue weighted by Crippen LogP contribution is 2.40. The van der Waals surface area contributed by atoms with E-state index in [1.54, 1.807) is 6.07 Å². The molecule has 116 valence electrons. The van der Waals surface area contributed by atoms with Crippen LogP contribution in [0.1, 0.15) is 11.7 Å². The molecule has 0 fully saturated rings. The first-order valence-electron chi connectivity index (χ1n) is 6.80. The second kappa shape index (κ2) is 5.04. The number of nitrogens with zero attached hydrogens (tertiary/aromatic N) is 3. The van der Waals surface area contributed by atoms with Gasteiger partial charge in [-0.25, -0.2) is 9.98 Å². The Kier molecular flexibility index (Phi) is 3.11. The van der Waals surface area contributed by atoms with Gasteiger partial charge in [-0.15, -0.1) is 0 Å². The van der Waals surface area contributed by atoms with Gasteiger partial charge in [0.25, 0.3) is 0 Å². The summed E-state index contributed by atoms with van der Waals surface area (Å²) in [5.41, 5.74) is 7.96. The molecule has 0 bridgehead atoms. The smallest absolute Gasteiger partial charge is 0.212 e. The maximum Gasteiger partial charge on any atom is 0.212 e. The van der Waals surface area contributed by atoms with Gasteiger partial charge in [-0.05, 0) is 24.3 Å². The van der Waals surface area contributed by atoms with E-state index < -0.39 is 6.17 Å². The van der Waals surface area contributed by atoms with E-state index >= 15 is 0 Å². The van der Waals surface area contributed by atoms with Crippen LogP contribution in [0.25, 0.3) is 11.0 Å². The first kappa shape index (κ1) is 14.2. The van der Waals surface area contributed by atoms with E-state index in [1.807, 2.05) is 28.8 Å². The number of guanidine groups is 1. The van der Waals surface area contributed by atoms with Gasteiger partial charge >= 0.3 is 0 Å². The molecule has 1 aliphatic heterocycles. The lowest BCUT2D eigenvalue weighted by Gasteiger charge is -2.24. The first-order valence-corrected chi connectivity index (χ1v) is 7.55. The molecule has 0 saturated heterocycles. The molecule has 8 heteroatoms. The average Bonchev–Trinajstić information content (AvgIpc) is 2.88. The number of fused-ring (bicyclic) bond motifs is 3. The van der Waals surface area contributed by atoms with Crippen molar-refractivity contribution < 1.29 is 5.11 Å². The highest BCUT2D eigenvalue weighted by Gasteiger charge is 2.28. The van der Waals surface area contributed by atoms with Crippen molar-refractivity contribution in [1.29, 1.82) is 0 Å². The first-order chi connectivity index (χ1) is 11.0. The van der Waals surface area contributed by atoms with E-state index in [-0.39, 0.29) is 16.7 Å². The van der Waals surface area contributed by atoms with Gasteiger partial charge in [0.1, 0.15) is 5.75 Å². The van der Waals surface area contributed by atoms with Crippen LogP contribution < -0.4 is 11.1 Å². The monoisotopic (exact) mass is 347 g/mol. The number of nitrogens with two attached hydrogens (primary N) is 1. The molecule has 0 spiro atoms. The van der Waals surface area contributed by atoms with Crippen molar-refractivity contribution >= 4 is 46.1 Å². The third-order valence-corrected chi connectivity index (χ3v) is 4.18. The van der Waals surface area contributed by atoms with Gasteiger partial charge in [-0.1, -0.05) is 35.3 Å². The normalized spacial score (nSPS) is 16.8. The SMILES string of the molecule is NC1=NC(c2cc(Cl)cc(Cl)c2O)n2c(nc3ccccc32)N1. The number of benzene rings is 2. The Morgan fingerprint density at radius 2 is 2.00 bits per heavy atom. The molecular formula is C15H11Cl2N5O. The Labute approximate surface area is 141 Å². The maximum absolute atomic E-state index is 10.3. The third kappa shape index (κ3) is 2.18. The molecule has 2 heterocycles. The molecule has 6 nitrogen and oxygen atoms in total. The molecule has 4 N–H and O–H groups in total.